The van der Waals surface area contributed by atoms with Gasteiger partial charge >= 0.3 is 5.97 Å². The van der Waals surface area contributed by atoms with E-state index in [2.05, 4.69) is 15.2 Å². The average Bonchev–Trinajstić information content (AvgIpc) is 2.81. The number of hydrogen-bond donors (Lipinski definition) is 2. The fourth-order valence-electron chi connectivity index (χ4n) is 3.50. The first-order valence-electron chi connectivity index (χ1n) is 10.1. The number of morpholine rings is 1. The Morgan fingerprint density at radius 1 is 1.19 bits per heavy atom. The van der Waals surface area contributed by atoms with Crippen LogP contribution in [-0.4, -0.2) is 42.4 Å². The van der Waals surface area contributed by atoms with Gasteiger partial charge in [0.25, 0.3) is 0 Å². The Bertz CT molecular complexity index is 1160. The molecule has 0 aliphatic carbocycles. The summed E-state index contributed by atoms with van der Waals surface area (Å²) in [6, 6.07) is 14.0. The second-order valence-electron chi connectivity index (χ2n) is 7.24. The smallest absolute Gasteiger partial charge is 0.328 e. The zero-order valence-electron chi connectivity index (χ0n) is 17.1. The number of aromatic nitrogens is 1. The molecule has 164 valence electrons. The summed E-state index contributed by atoms with van der Waals surface area (Å²) >= 11 is 5.90. The minimum Gasteiger partial charge on any atom is -0.478 e. The molecule has 1 aliphatic rings. The first-order chi connectivity index (χ1) is 15.5. The summed E-state index contributed by atoms with van der Waals surface area (Å²) in [6.07, 6.45) is 4.45. The minimum absolute atomic E-state index is 0.0336. The SMILES string of the molecule is O=C(O)/C=C/c1cccc(-c2cnc(Nc3ccc(F)c(Cl)c3)cc2N2CCOCC2)c1. The number of nitrogens with zero attached hydrogens (tertiary/aromatic N) is 2. The van der Waals surface area contributed by atoms with Crippen LogP contribution in [0.2, 0.25) is 5.02 Å². The van der Waals surface area contributed by atoms with Gasteiger partial charge in [-0.3, -0.25) is 0 Å². The van der Waals surface area contributed by atoms with Gasteiger partial charge in [0.2, 0.25) is 0 Å². The van der Waals surface area contributed by atoms with Crippen LogP contribution >= 0.6 is 11.6 Å². The van der Waals surface area contributed by atoms with Crippen LogP contribution in [0.1, 0.15) is 5.56 Å². The molecule has 2 N–H and O–H groups in total. The monoisotopic (exact) mass is 453 g/mol. The van der Waals surface area contributed by atoms with E-state index in [4.69, 9.17) is 21.4 Å². The van der Waals surface area contributed by atoms with Crippen molar-refractivity contribution in [1.82, 2.24) is 4.98 Å². The fraction of sp³-hybridized carbons (Fsp3) is 0.167. The maximum absolute atomic E-state index is 13.5. The van der Waals surface area contributed by atoms with Crippen molar-refractivity contribution in [2.75, 3.05) is 36.5 Å². The van der Waals surface area contributed by atoms with Crippen molar-refractivity contribution < 1.29 is 19.0 Å². The lowest BCUT2D eigenvalue weighted by Gasteiger charge is -2.31. The summed E-state index contributed by atoms with van der Waals surface area (Å²) in [5.41, 5.74) is 4.22. The van der Waals surface area contributed by atoms with Gasteiger partial charge in [-0.15, -0.1) is 0 Å². The number of halogens is 2. The van der Waals surface area contributed by atoms with Gasteiger partial charge in [0.15, 0.2) is 0 Å². The molecule has 0 atom stereocenters. The average molecular weight is 454 g/mol. The standard InChI is InChI=1S/C24H21ClFN3O3/c25-20-13-18(5-6-21(20)26)28-23-14-22(29-8-10-32-11-9-29)19(15-27-23)17-3-1-2-16(12-17)4-7-24(30)31/h1-7,12-15H,8-11H2,(H,27,28)(H,30,31)/b7-4+. The van der Waals surface area contributed by atoms with Crippen molar-refractivity contribution in [3.05, 3.63) is 77.2 Å². The minimum atomic E-state index is -0.998. The maximum atomic E-state index is 13.5. The summed E-state index contributed by atoms with van der Waals surface area (Å²) in [6.45, 7) is 2.72. The third-order valence-electron chi connectivity index (χ3n) is 5.04. The third-order valence-corrected chi connectivity index (χ3v) is 5.33. The summed E-state index contributed by atoms with van der Waals surface area (Å²) < 4.78 is 19.0. The highest BCUT2D eigenvalue weighted by atomic mass is 35.5. The van der Waals surface area contributed by atoms with Crippen LogP contribution < -0.4 is 10.2 Å². The van der Waals surface area contributed by atoms with Crippen LogP contribution in [0.25, 0.3) is 17.2 Å². The van der Waals surface area contributed by atoms with Gasteiger partial charge in [-0.2, -0.15) is 0 Å². The number of pyridine rings is 1. The molecule has 0 amide bonds. The summed E-state index contributed by atoms with van der Waals surface area (Å²) in [5.74, 6) is -0.881. The molecule has 0 radical (unpaired) electrons. The highest BCUT2D eigenvalue weighted by Gasteiger charge is 2.17. The van der Waals surface area contributed by atoms with Crippen LogP contribution in [0.4, 0.5) is 21.6 Å². The van der Waals surface area contributed by atoms with E-state index in [0.717, 1.165) is 41.5 Å². The third kappa shape index (κ3) is 5.25. The van der Waals surface area contributed by atoms with Gasteiger partial charge in [-0.1, -0.05) is 29.8 Å². The summed E-state index contributed by atoms with van der Waals surface area (Å²) in [4.78, 5) is 17.6. The first kappa shape index (κ1) is 21.8. The Labute approximate surface area is 189 Å². The number of carbonyl (C=O) groups is 1. The molecule has 32 heavy (non-hydrogen) atoms. The number of carboxylic acid groups (broad SMARTS) is 1. The Hall–Kier alpha value is -3.42. The van der Waals surface area contributed by atoms with E-state index in [1.165, 1.54) is 12.1 Å². The van der Waals surface area contributed by atoms with E-state index in [9.17, 15) is 9.18 Å². The van der Waals surface area contributed by atoms with Crippen molar-refractivity contribution in [3.63, 3.8) is 0 Å². The van der Waals surface area contributed by atoms with E-state index >= 15 is 0 Å². The summed E-state index contributed by atoms with van der Waals surface area (Å²) in [5, 5.41) is 12.1. The number of ether oxygens (including phenoxy) is 1. The molecule has 2 heterocycles. The predicted octanol–water partition coefficient (Wildman–Crippen LogP) is 5.22. The number of rotatable bonds is 6. The highest BCUT2D eigenvalue weighted by Crippen LogP contribution is 2.34. The van der Waals surface area contributed by atoms with Crippen molar-refractivity contribution in [2.45, 2.75) is 0 Å². The number of nitrogens with one attached hydrogen (secondary N) is 1. The molecule has 8 heteroatoms. The van der Waals surface area contributed by atoms with Crippen LogP contribution in [0.15, 0.2) is 60.8 Å². The molecule has 1 saturated heterocycles. The molecular formula is C24H21ClFN3O3. The molecule has 0 spiro atoms. The molecule has 0 unspecified atom stereocenters. The van der Waals surface area contributed by atoms with Crippen LogP contribution in [0.3, 0.4) is 0 Å². The highest BCUT2D eigenvalue weighted by molar-refractivity contribution is 6.31. The van der Waals surface area contributed by atoms with Gasteiger partial charge in [0, 0.05) is 48.4 Å². The molecule has 1 aliphatic heterocycles. The molecule has 6 nitrogen and oxygen atoms in total. The molecule has 1 aromatic heterocycles. The van der Waals surface area contributed by atoms with Crippen LogP contribution in [0, 0.1) is 5.82 Å². The number of anilines is 3. The second kappa shape index (κ2) is 9.80. The molecule has 0 saturated carbocycles. The Morgan fingerprint density at radius 3 is 2.75 bits per heavy atom. The van der Waals surface area contributed by atoms with E-state index < -0.39 is 11.8 Å². The van der Waals surface area contributed by atoms with Gasteiger partial charge in [0.05, 0.1) is 18.2 Å². The van der Waals surface area contributed by atoms with Crippen molar-refractivity contribution in [1.29, 1.82) is 0 Å². The van der Waals surface area contributed by atoms with Gasteiger partial charge in [0.1, 0.15) is 11.6 Å². The maximum Gasteiger partial charge on any atom is 0.328 e. The van der Waals surface area contributed by atoms with Crippen molar-refractivity contribution >= 4 is 40.8 Å². The summed E-state index contributed by atoms with van der Waals surface area (Å²) in [7, 11) is 0. The Balaban J connectivity index is 1.71. The van der Waals surface area contributed by atoms with Gasteiger partial charge in [-0.05, 0) is 41.5 Å². The Kier molecular flexibility index (Phi) is 6.68. The van der Waals surface area contributed by atoms with Gasteiger partial charge < -0.3 is 20.1 Å². The lowest BCUT2D eigenvalue weighted by atomic mass is 10.0. The lowest BCUT2D eigenvalue weighted by Crippen LogP contribution is -2.36. The lowest BCUT2D eigenvalue weighted by molar-refractivity contribution is -0.131. The van der Waals surface area contributed by atoms with E-state index in [1.807, 2.05) is 30.3 Å². The molecule has 2 aromatic carbocycles. The van der Waals surface area contributed by atoms with Crippen molar-refractivity contribution in [3.8, 4) is 11.1 Å². The number of aliphatic carboxylic acids is 1. The largest absolute Gasteiger partial charge is 0.478 e. The molecule has 3 aromatic rings. The Morgan fingerprint density at radius 2 is 2.00 bits per heavy atom. The number of carboxylic acids is 1. The van der Waals surface area contributed by atoms with E-state index in [1.54, 1.807) is 18.3 Å². The molecule has 4 rings (SSSR count). The molecule has 0 bridgehead atoms. The fourth-order valence-corrected chi connectivity index (χ4v) is 3.68. The van der Waals surface area contributed by atoms with Gasteiger partial charge in [-0.25, -0.2) is 14.2 Å². The van der Waals surface area contributed by atoms with E-state index in [-0.39, 0.29) is 5.02 Å². The number of hydrogen-bond acceptors (Lipinski definition) is 5. The van der Waals surface area contributed by atoms with E-state index in [0.29, 0.717) is 24.7 Å². The topological polar surface area (TPSA) is 74.7 Å². The zero-order chi connectivity index (χ0) is 22.5. The first-order valence-corrected chi connectivity index (χ1v) is 10.4. The van der Waals surface area contributed by atoms with Crippen molar-refractivity contribution in [2.24, 2.45) is 0 Å². The zero-order valence-corrected chi connectivity index (χ0v) is 17.8. The number of benzene rings is 2. The predicted molar refractivity (Wildman–Crippen MR) is 124 cm³/mol. The quantitative estimate of drug-likeness (QED) is 0.498. The molecule has 1 fully saturated rings. The second-order valence-corrected chi connectivity index (χ2v) is 7.64. The normalized spacial score (nSPS) is 14.0. The van der Waals surface area contributed by atoms with Crippen LogP contribution in [-0.2, 0) is 9.53 Å². The van der Waals surface area contributed by atoms with Crippen LogP contribution in [0.5, 0.6) is 0 Å². The molecular weight excluding hydrogens is 433 g/mol.